The van der Waals surface area contributed by atoms with Gasteiger partial charge in [0.1, 0.15) is 12.5 Å². The number of carbonyl (C=O) groups excluding carboxylic acids is 1. The molecule has 1 aromatic rings. The highest BCUT2D eigenvalue weighted by Crippen LogP contribution is 2.02. The Morgan fingerprint density at radius 3 is 1.70 bits per heavy atom. The van der Waals surface area contributed by atoms with Crippen LogP contribution in [0, 0.1) is 0 Å². The highest BCUT2D eigenvalue weighted by molar-refractivity contribution is 5.75. The van der Waals surface area contributed by atoms with Gasteiger partial charge in [0.05, 0.1) is 8.41 Å². The van der Waals surface area contributed by atoms with Crippen molar-refractivity contribution in [1.29, 1.82) is 0 Å². The quantitative estimate of drug-likeness (QED) is 0.513. The van der Waals surface area contributed by atoms with Gasteiger partial charge < -0.3 is 9.90 Å². The Balaban J connectivity index is 0. The van der Waals surface area contributed by atoms with Gasteiger partial charge in [-0.05, 0) is 12.1 Å². The fraction of sp³-hybridized carbons (Fsp3) is 0. The summed E-state index contributed by atoms with van der Waals surface area (Å²) in [6.07, 6.45) is 0. The SMILES string of the molecule is B.C=O.Oc1ccccc1. The van der Waals surface area contributed by atoms with Crippen molar-refractivity contribution < 1.29 is 9.90 Å². The van der Waals surface area contributed by atoms with Gasteiger partial charge in [-0.1, -0.05) is 18.2 Å². The predicted octanol–water partition coefficient (Wildman–Crippen LogP) is 0.0234. The summed E-state index contributed by atoms with van der Waals surface area (Å²) in [6, 6.07) is 8.71. The molecular formula is C7H11BO2. The highest BCUT2D eigenvalue weighted by Gasteiger charge is 1.74. The standard InChI is InChI=1S/C6H6O.CH2O.BH3/c7-6-4-2-1-3-5-6;1-2;/h1-5,7H;1H2;1H3. The molecule has 10 heavy (non-hydrogen) atoms. The molecule has 0 aliphatic heterocycles. The van der Waals surface area contributed by atoms with Crippen LogP contribution in [-0.4, -0.2) is 20.3 Å². The molecule has 0 aromatic heterocycles. The van der Waals surface area contributed by atoms with E-state index in [0.717, 1.165) is 0 Å². The minimum absolute atomic E-state index is 0. The van der Waals surface area contributed by atoms with Crippen molar-refractivity contribution in [2.24, 2.45) is 0 Å². The second-order valence-electron chi connectivity index (χ2n) is 1.34. The number of benzene rings is 1. The summed E-state index contributed by atoms with van der Waals surface area (Å²) in [4.78, 5) is 8.00. The van der Waals surface area contributed by atoms with E-state index in [4.69, 9.17) is 9.90 Å². The maximum Gasteiger partial charge on any atom is 0.115 e. The third kappa shape index (κ3) is 4.90. The number of para-hydroxylation sites is 1. The summed E-state index contributed by atoms with van der Waals surface area (Å²) in [6.45, 7) is 2.00. The number of hydrogen-bond donors (Lipinski definition) is 1. The van der Waals surface area contributed by atoms with Crippen molar-refractivity contribution >= 4 is 15.2 Å². The zero-order valence-corrected chi connectivity index (χ0v) is 4.95. The zero-order valence-electron chi connectivity index (χ0n) is 4.95. The van der Waals surface area contributed by atoms with Crippen LogP contribution >= 0.6 is 0 Å². The van der Waals surface area contributed by atoms with E-state index in [0.29, 0.717) is 5.75 Å². The van der Waals surface area contributed by atoms with Gasteiger partial charge in [0.15, 0.2) is 0 Å². The Morgan fingerprint density at radius 2 is 1.50 bits per heavy atom. The lowest BCUT2D eigenvalue weighted by atomic mass is 10.3. The minimum atomic E-state index is 0. The largest absolute Gasteiger partial charge is 0.508 e. The Hall–Kier alpha value is -1.25. The second kappa shape index (κ2) is 7.75. The van der Waals surface area contributed by atoms with Crippen molar-refractivity contribution in [3.63, 3.8) is 0 Å². The number of carbonyl (C=O) groups is 1. The van der Waals surface area contributed by atoms with Crippen molar-refractivity contribution in [3.05, 3.63) is 30.3 Å². The molecule has 0 heterocycles. The van der Waals surface area contributed by atoms with Crippen molar-refractivity contribution in [3.8, 4) is 5.75 Å². The zero-order chi connectivity index (χ0) is 7.11. The first-order valence-corrected chi connectivity index (χ1v) is 2.42. The monoisotopic (exact) mass is 138 g/mol. The van der Waals surface area contributed by atoms with Crippen molar-refractivity contribution in [1.82, 2.24) is 0 Å². The molecule has 1 rings (SSSR count). The topological polar surface area (TPSA) is 37.3 Å². The third-order valence-electron chi connectivity index (χ3n) is 0.756. The number of hydrogen-bond acceptors (Lipinski definition) is 2. The predicted molar refractivity (Wildman–Crippen MR) is 45.2 cm³/mol. The van der Waals surface area contributed by atoms with E-state index in [1.165, 1.54) is 0 Å². The van der Waals surface area contributed by atoms with Crippen LogP contribution in [0.1, 0.15) is 0 Å². The minimum Gasteiger partial charge on any atom is -0.508 e. The van der Waals surface area contributed by atoms with Crippen LogP contribution in [0.15, 0.2) is 30.3 Å². The van der Waals surface area contributed by atoms with Gasteiger partial charge in [0.2, 0.25) is 0 Å². The fourth-order valence-electron chi connectivity index (χ4n) is 0.428. The molecular weight excluding hydrogens is 127 g/mol. The lowest BCUT2D eigenvalue weighted by molar-refractivity contribution is -0.0979. The average Bonchev–Trinajstić information content (AvgIpc) is 1.94. The molecule has 0 radical (unpaired) electrons. The van der Waals surface area contributed by atoms with Gasteiger partial charge in [-0.25, -0.2) is 0 Å². The second-order valence-corrected chi connectivity index (χ2v) is 1.34. The van der Waals surface area contributed by atoms with E-state index in [-0.39, 0.29) is 8.41 Å². The van der Waals surface area contributed by atoms with Crippen LogP contribution in [0.3, 0.4) is 0 Å². The lowest BCUT2D eigenvalue weighted by Crippen LogP contribution is -1.56. The van der Waals surface area contributed by atoms with E-state index >= 15 is 0 Å². The van der Waals surface area contributed by atoms with Gasteiger partial charge in [-0.15, -0.1) is 0 Å². The summed E-state index contributed by atoms with van der Waals surface area (Å²) in [5.74, 6) is 0.322. The first kappa shape index (κ1) is 11.5. The van der Waals surface area contributed by atoms with Gasteiger partial charge >= 0.3 is 0 Å². The first-order valence-electron chi connectivity index (χ1n) is 2.42. The molecule has 0 aliphatic carbocycles. The molecule has 54 valence electrons. The highest BCUT2D eigenvalue weighted by atomic mass is 16.3. The smallest absolute Gasteiger partial charge is 0.115 e. The van der Waals surface area contributed by atoms with Gasteiger partial charge in [-0.3, -0.25) is 0 Å². The molecule has 0 fully saturated rings. The molecule has 0 unspecified atom stereocenters. The Morgan fingerprint density at radius 1 is 1.10 bits per heavy atom. The molecule has 0 saturated heterocycles. The van der Waals surface area contributed by atoms with Gasteiger partial charge in [0.25, 0.3) is 0 Å². The summed E-state index contributed by atoms with van der Waals surface area (Å²) >= 11 is 0. The van der Waals surface area contributed by atoms with E-state index in [1.54, 1.807) is 24.3 Å². The Kier molecular flexibility index (Phi) is 8.95. The van der Waals surface area contributed by atoms with Gasteiger partial charge in [0, 0.05) is 0 Å². The number of phenols is 1. The van der Waals surface area contributed by atoms with Gasteiger partial charge in [-0.2, -0.15) is 0 Å². The van der Waals surface area contributed by atoms with E-state index in [2.05, 4.69) is 0 Å². The molecule has 2 nitrogen and oxygen atoms in total. The molecule has 0 spiro atoms. The molecule has 0 bridgehead atoms. The first-order chi connectivity index (χ1) is 4.39. The van der Waals surface area contributed by atoms with Crippen molar-refractivity contribution in [2.75, 3.05) is 0 Å². The maximum absolute atomic E-state index is 8.63. The average molecular weight is 138 g/mol. The summed E-state index contributed by atoms with van der Waals surface area (Å²) < 4.78 is 0. The summed E-state index contributed by atoms with van der Waals surface area (Å²) in [5.41, 5.74) is 0. The van der Waals surface area contributed by atoms with Crippen LogP contribution < -0.4 is 0 Å². The molecule has 0 amide bonds. The summed E-state index contributed by atoms with van der Waals surface area (Å²) in [5, 5.41) is 8.63. The molecule has 0 saturated carbocycles. The Labute approximate surface area is 62.1 Å². The van der Waals surface area contributed by atoms with Crippen molar-refractivity contribution in [2.45, 2.75) is 0 Å². The van der Waals surface area contributed by atoms with Crippen LogP contribution in [0.25, 0.3) is 0 Å². The summed E-state index contributed by atoms with van der Waals surface area (Å²) in [7, 11) is 0. The molecule has 0 atom stereocenters. The van der Waals surface area contributed by atoms with Crippen LogP contribution in [0.2, 0.25) is 0 Å². The lowest BCUT2D eigenvalue weighted by Gasteiger charge is -1.82. The fourth-order valence-corrected chi connectivity index (χ4v) is 0.428. The number of aromatic hydroxyl groups is 1. The molecule has 1 aromatic carbocycles. The normalized spacial score (nSPS) is 6.40. The molecule has 3 heteroatoms. The molecule has 1 N–H and O–H groups in total. The third-order valence-corrected chi connectivity index (χ3v) is 0.756. The number of rotatable bonds is 0. The maximum atomic E-state index is 8.63. The molecule has 0 aliphatic rings. The number of phenolic OH excluding ortho intramolecular Hbond substituents is 1. The van der Waals surface area contributed by atoms with E-state index < -0.39 is 0 Å². The van der Waals surface area contributed by atoms with E-state index in [9.17, 15) is 0 Å². The Bertz CT molecular complexity index is 153. The van der Waals surface area contributed by atoms with E-state index in [1.807, 2.05) is 12.9 Å². The van der Waals surface area contributed by atoms with Crippen LogP contribution in [-0.2, 0) is 4.79 Å². The van der Waals surface area contributed by atoms with Crippen LogP contribution in [0.4, 0.5) is 0 Å². The van der Waals surface area contributed by atoms with Crippen LogP contribution in [0.5, 0.6) is 5.75 Å².